The van der Waals surface area contributed by atoms with Crippen LogP contribution in [-0.2, 0) is 0 Å². The lowest BCUT2D eigenvalue weighted by molar-refractivity contribution is 0.560. The van der Waals surface area contributed by atoms with E-state index >= 15 is 0 Å². The fourth-order valence-corrected chi connectivity index (χ4v) is 0.837. The van der Waals surface area contributed by atoms with Crippen LogP contribution in [0.4, 0.5) is 0 Å². The van der Waals surface area contributed by atoms with Gasteiger partial charge in [0.1, 0.15) is 0 Å². The molecule has 0 bridgehead atoms. The molecule has 1 aromatic heterocycles. The summed E-state index contributed by atoms with van der Waals surface area (Å²) in [5, 5.41) is 0. The van der Waals surface area contributed by atoms with E-state index in [1.54, 1.807) is 12.5 Å². The van der Waals surface area contributed by atoms with Gasteiger partial charge in [0.2, 0.25) is 0 Å². The normalized spacial score (nSPS) is 13.7. The Morgan fingerprint density at radius 2 is 2.22 bits per heavy atom. The Hall–Kier alpha value is -0.760. The van der Waals surface area contributed by atoms with Crippen LogP contribution in [0.3, 0.4) is 0 Å². The van der Waals surface area contributed by atoms with Gasteiger partial charge in [0, 0.05) is 11.6 Å². The molecule has 0 saturated heterocycles. The highest BCUT2D eigenvalue weighted by Gasteiger charge is 2.03. The fraction of sp³-hybridized carbons (Fsp3) is 0.429. The van der Waals surface area contributed by atoms with E-state index in [1.165, 1.54) is 0 Å². The maximum Gasteiger partial charge on any atom is 0.0952 e. The Balaban J connectivity index is 2.94. The Labute approximate surface area is 54.7 Å². The van der Waals surface area contributed by atoms with Crippen LogP contribution in [0.25, 0.3) is 0 Å². The molecule has 0 aliphatic rings. The summed E-state index contributed by atoms with van der Waals surface area (Å²) in [5.74, 6) is 0. The minimum Gasteiger partial charge on any atom is -0.472 e. The third-order valence-electron chi connectivity index (χ3n) is 1.39. The van der Waals surface area contributed by atoms with Crippen LogP contribution in [-0.4, -0.2) is 0 Å². The molecule has 2 nitrogen and oxygen atoms in total. The first-order valence-electron chi connectivity index (χ1n) is 3.00. The van der Waals surface area contributed by atoms with Crippen molar-refractivity contribution < 1.29 is 4.42 Å². The number of rotatable bonds is 1. The van der Waals surface area contributed by atoms with E-state index in [0.29, 0.717) is 0 Å². The van der Waals surface area contributed by atoms with Crippen molar-refractivity contribution in [3.8, 4) is 0 Å². The highest BCUT2D eigenvalue weighted by molar-refractivity contribution is 5.21. The van der Waals surface area contributed by atoms with Gasteiger partial charge >= 0.3 is 0 Å². The molecule has 1 aromatic rings. The summed E-state index contributed by atoms with van der Waals surface area (Å²) >= 11 is 0. The van der Waals surface area contributed by atoms with Crippen LogP contribution in [0.2, 0.25) is 0 Å². The monoisotopic (exact) mass is 125 g/mol. The number of hydrogen-bond acceptors (Lipinski definition) is 2. The predicted octanol–water partition coefficient (Wildman–Crippen LogP) is 1.61. The molecule has 1 rings (SSSR count). The molecule has 0 unspecified atom stereocenters. The van der Waals surface area contributed by atoms with Crippen molar-refractivity contribution in [3.63, 3.8) is 0 Å². The van der Waals surface area contributed by atoms with E-state index in [0.717, 1.165) is 11.1 Å². The lowest BCUT2D eigenvalue weighted by Gasteiger charge is -1.99. The summed E-state index contributed by atoms with van der Waals surface area (Å²) in [6, 6.07) is 0.0868. The van der Waals surface area contributed by atoms with Crippen molar-refractivity contribution in [1.82, 2.24) is 0 Å². The highest BCUT2D eigenvalue weighted by Crippen LogP contribution is 2.14. The minimum absolute atomic E-state index is 0.0868. The van der Waals surface area contributed by atoms with Crippen LogP contribution in [0.15, 0.2) is 16.9 Å². The molecule has 0 radical (unpaired) electrons. The van der Waals surface area contributed by atoms with Gasteiger partial charge in [-0.15, -0.1) is 0 Å². The molecular formula is C7H11NO. The van der Waals surface area contributed by atoms with Gasteiger partial charge in [-0.25, -0.2) is 0 Å². The SMILES string of the molecule is Cc1cocc1[C@H](C)N. The van der Waals surface area contributed by atoms with Crippen LogP contribution < -0.4 is 5.73 Å². The maximum atomic E-state index is 5.60. The van der Waals surface area contributed by atoms with E-state index in [2.05, 4.69) is 0 Å². The molecule has 0 aliphatic carbocycles. The predicted molar refractivity (Wildman–Crippen MR) is 36.0 cm³/mol. The molecule has 1 heterocycles. The van der Waals surface area contributed by atoms with Crippen molar-refractivity contribution >= 4 is 0 Å². The van der Waals surface area contributed by atoms with Crippen molar-refractivity contribution in [3.05, 3.63) is 23.7 Å². The van der Waals surface area contributed by atoms with Crippen molar-refractivity contribution in [2.75, 3.05) is 0 Å². The van der Waals surface area contributed by atoms with E-state index in [4.69, 9.17) is 10.2 Å². The molecule has 50 valence electrons. The summed E-state index contributed by atoms with van der Waals surface area (Å²) in [6.45, 7) is 3.93. The third kappa shape index (κ3) is 1.13. The van der Waals surface area contributed by atoms with Crippen molar-refractivity contribution in [1.29, 1.82) is 0 Å². The summed E-state index contributed by atoms with van der Waals surface area (Å²) in [4.78, 5) is 0. The molecule has 0 amide bonds. The molecule has 9 heavy (non-hydrogen) atoms. The first-order chi connectivity index (χ1) is 4.22. The zero-order valence-corrected chi connectivity index (χ0v) is 5.72. The Kier molecular flexibility index (Phi) is 1.58. The van der Waals surface area contributed by atoms with E-state index in [9.17, 15) is 0 Å². The zero-order valence-electron chi connectivity index (χ0n) is 5.72. The number of furan rings is 1. The van der Waals surface area contributed by atoms with E-state index in [1.807, 2.05) is 13.8 Å². The fourth-order valence-electron chi connectivity index (χ4n) is 0.837. The van der Waals surface area contributed by atoms with Gasteiger partial charge in [-0.05, 0) is 19.4 Å². The quantitative estimate of drug-likeness (QED) is 0.619. The zero-order chi connectivity index (χ0) is 6.85. The Morgan fingerprint density at radius 1 is 1.56 bits per heavy atom. The van der Waals surface area contributed by atoms with Gasteiger partial charge in [-0.2, -0.15) is 0 Å². The van der Waals surface area contributed by atoms with Crippen LogP contribution >= 0.6 is 0 Å². The third-order valence-corrected chi connectivity index (χ3v) is 1.39. The van der Waals surface area contributed by atoms with Crippen molar-refractivity contribution in [2.24, 2.45) is 5.73 Å². The topological polar surface area (TPSA) is 39.2 Å². The second-order valence-corrected chi connectivity index (χ2v) is 2.30. The summed E-state index contributed by atoms with van der Waals surface area (Å²) < 4.78 is 4.93. The van der Waals surface area contributed by atoms with Gasteiger partial charge < -0.3 is 10.2 Å². The van der Waals surface area contributed by atoms with E-state index < -0.39 is 0 Å². The standard InChI is InChI=1S/C7H11NO/c1-5-3-9-4-7(5)6(2)8/h3-4,6H,8H2,1-2H3/t6-/m0/s1. The molecular weight excluding hydrogens is 114 g/mol. The van der Waals surface area contributed by atoms with Crippen LogP contribution in [0, 0.1) is 6.92 Å². The molecule has 0 spiro atoms. The average molecular weight is 125 g/mol. The summed E-state index contributed by atoms with van der Waals surface area (Å²) in [5.41, 5.74) is 7.82. The molecule has 0 saturated carbocycles. The van der Waals surface area contributed by atoms with Crippen LogP contribution in [0.1, 0.15) is 24.1 Å². The van der Waals surface area contributed by atoms with Gasteiger partial charge in [0.05, 0.1) is 12.5 Å². The maximum absolute atomic E-state index is 5.60. The molecule has 0 aliphatic heterocycles. The van der Waals surface area contributed by atoms with Gasteiger partial charge in [-0.3, -0.25) is 0 Å². The number of hydrogen-bond donors (Lipinski definition) is 1. The summed E-state index contributed by atoms with van der Waals surface area (Å²) in [6.07, 6.45) is 3.40. The lowest BCUT2D eigenvalue weighted by atomic mass is 10.1. The molecule has 2 N–H and O–H groups in total. The largest absolute Gasteiger partial charge is 0.472 e. The highest BCUT2D eigenvalue weighted by atomic mass is 16.3. The minimum atomic E-state index is 0.0868. The number of aryl methyl sites for hydroxylation is 1. The Morgan fingerprint density at radius 3 is 2.44 bits per heavy atom. The van der Waals surface area contributed by atoms with Gasteiger partial charge in [0.15, 0.2) is 0 Å². The molecule has 0 fully saturated rings. The molecule has 1 atom stereocenters. The molecule has 0 aromatic carbocycles. The molecule has 2 heteroatoms. The van der Waals surface area contributed by atoms with E-state index in [-0.39, 0.29) is 6.04 Å². The number of nitrogens with two attached hydrogens (primary N) is 1. The van der Waals surface area contributed by atoms with Crippen molar-refractivity contribution in [2.45, 2.75) is 19.9 Å². The second-order valence-electron chi connectivity index (χ2n) is 2.30. The van der Waals surface area contributed by atoms with Crippen LogP contribution in [0.5, 0.6) is 0 Å². The first kappa shape index (κ1) is 6.36. The average Bonchev–Trinajstić information content (AvgIpc) is 2.13. The summed E-state index contributed by atoms with van der Waals surface area (Å²) in [7, 11) is 0. The van der Waals surface area contributed by atoms with Gasteiger partial charge in [-0.1, -0.05) is 0 Å². The van der Waals surface area contributed by atoms with Gasteiger partial charge in [0.25, 0.3) is 0 Å². The smallest absolute Gasteiger partial charge is 0.0952 e. The Bertz CT molecular complexity index is 191. The first-order valence-corrected chi connectivity index (χ1v) is 3.00. The lowest BCUT2D eigenvalue weighted by Crippen LogP contribution is -2.04. The second kappa shape index (κ2) is 2.23.